The number of carboxylic acid groups (broad SMARTS) is 1. The van der Waals surface area contributed by atoms with E-state index in [-0.39, 0.29) is 0 Å². The van der Waals surface area contributed by atoms with Crippen molar-refractivity contribution < 1.29 is 36.6 Å². The highest BCUT2D eigenvalue weighted by atomic mass is 19.4. The van der Waals surface area contributed by atoms with E-state index in [1.54, 1.807) is 0 Å². The summed E-state index contributed by atoms with van der Waals surface area (Å²) >= 11 is 0. The van der Waals surface area contributed by atoms with Crippen molar-refractivity contribution in [2.45, 2.75) is 12.6 Å². The van der Waals surface area contributed by atoms with Crippen LogP contribution >= 0.6 is 0 Å². The van der Waals surface area contributed by atoms with Crippen molar-refractivity contribution in [2.24, 2.45) is 0 Å². The first kappa shape index (κ1) is 14.1. The van der Waals surface area contributed by atoms with Crippen LogP contribution in [-0.2, 0) is 6.18 Å². The smallest absolute Gasteiger partial charge is 0.433 e. The number of halogens is 5. The van der Waals surface area contributed by atoms with E-state index in [1.165, 1.54) is 0 Å². The lowest BCUT2D eigenvalue weighted by Crippen LogP contribution is -2.17. The molecule has 1 aromatic rings. The summed E-state index contributed by atoms with van der Waals surface area (Å²) in [5.74, 6) is -2.61. The molecule has 1 rings (SSSR count). The maximum absolute atomic E-state index is 12.6. The van der Waals surface area contributed by atoms with Crippen LogP contribution in [0.1, 0.15) is 28.0 Å². The van der Waals surface area contributed by atoms with Crippen molar-refractivity contribution in [3.8, 4) is 5.75 Å². The molecule has 0 spiro atoms. The fourth-order valence-electron chi connectivity index (χ4n) is 1.32. The summed E-state index contributed by atoms with van der Waals surface area (Å²) in [6, 6.07) is 0. The van der Waals surface area contributed by atoms with Crippen LogP contribution < -0.4 is 4.74 Å². The summed E-state index contributed by atoms with van der Waals surface area (Å²) in [5.41, 5.74) is -4.88. The third-order valence-electron chi connectivity index (χ3n) is 2.00. The zero-order valence-electron chi connectivity index (χ0n) is 8.76. The van der Waals surface area contributed by atoms with Crippen LogP contribution in [0.4, 0.5) is 22.0 Å². The first-order chi connectivity index (χ1) is 8.20. The lowest BCUT2D eigenvalue weighted by atomic mass is 10.1. The van der Waals surface area contributed by atoms with Gasteiger partial charge in [0.25, 0.3) is 6.43 Å². The summed E-state index contributed by atoms with van der Waals surface area (Å²) < 4.78 is 67.1. The quantitative estimate of drug-likeness (QED) is 0.859. The van der Waals surface area contributed by atoms with E-state index in [2.05, 4.69) is 9.72 Å². The number of alkyl halides is 5. The number of methoxy groups -OCH3 is 1. The molecule has 0 aliphatic heterocycles. The molecule has 0 aliphatic carbocycles. The number of nitrogens with zero attached hydrogens (tertiary/aromatic N) is 1. The summed E-state index contributed by atoms with van der Waals surface area (Å²) in [4.78, 5) is 13.6. The maximum Gasteiger partial charge on any atom is 0.433 e. The first-order valence-electron chi connectivity index (χ1n) is 4.35. The predicted molar refractivity (Wildman–Crippen MR) is 47.7 cm³/mol. The molecule has 1 aromatic heterocycles. The normalized spacial score (nSPS) is 11.7. The number of aromatic carboxylic acids is 1. The van der Waals surface area contributed by atoms with Crippen LogP contribution in [0, 0.1) is 0 Å². The molecule has 0 aliphatic rings. The summed E-state index contributed by atoms with van der Waals surface area (Å²) in [6.45, 7) is 0. The molecular formula is C9H6F5NO3. The number of ether oxygens (including phenoxy) is 1. The number of pyridine rings is 1. The minimum absolute atomic E-state index is 0.443. The number of aromatic nitrogens is 1. The summed E-state index contributed by atoms with van der Waals surface area (Å²) in [7, 11) is 0.936. The molecule has 0 fully saturated rings. The second kappa shape index (κ2) is 4.75. The van der Waals surface area contributed by atoms with Gasteiger partial charge in [-0.2, -0.15) is 13.2 Å². The minimum Gasteiger partial charge on any atom is -0.494 e. The molecule has 9 heteroatoms. The number of hydrogen-bond donors (Lipinski definition) is 1. The van der Waals surface area contributed by atoms with Crippen LogP contribution in [0.2, 0.25) is 0 Å². The van der Waals surface area contributed by atoms with Crippen LogP contribution in [0.25, 0.3) is 0 Å². The number of carboxylic acids is 1. The third-order valence-corrected chi connectivity index (χ3v) is 2.00. The number of carbonyl (C=O) groups is 1. The third kappa shape index (κ3) is 2.49. The van der Waals surface area contributed by atoms with Crippen molar-refractivity contribution in [3.05, 3.63) is 23.0 Å². The molecule has 100 valence electrons. The van der Waals surface area contributed by atoms with E-state index in [0.717, 1.165) is 7.11 Å². The molecular weight excluding hydrogens is 265 g/mol. The van der Waals surface area contributed by atoms with Gasteiger partial charge in [0.05, 0.1) is 18.9 Å². The summed E-state index contributed by atoms with van der Waals surface area (Å²) in [6.07, 6.45) is -8.38. The highest BCUT2D eigenvalue weighted by Crippen LogP contribution is 2.39. The summed E-state index contributed by atoms with van der Waals surface area (Å²) in [5, 5.41) is 8.71. The van der Waals surface area contributed by atoms with E-state index < -0.39 is 41.1 Å². The zero-order chi connectivity index (χ0) is 14.1. The lowest BCUT2D eigenvalue weighted by Gasteiger charge is -2.15. The Bertz CT molecular complexity index is 472. The van der Waals surface area contributed by atoms with Crippen molar-refractivity contribution >= 4 is 5.97 Å². The van der Waals surface area contributed by atoms with Gasteiger partial charge >= 0.3 is 12.1 Å². The Morgan fingerprint density at radius 2 is 2.00 bits per heavy atom. The van der Waals surface area contributed by atoms with Crippen LogP contribution in [0.5, 0.6) is 5.75 Å². The molecule has 0 bridgehead atoms. The largest absolute Gasteiger partial charge is 0.494 e. The average Bonchev–Trinajstić information content (AvgIpc) is 2.25. The molecule has 4 nitrogen and oxygen atoms in total. The van der Waals surface area contributed by atoms with Gasteiger partial charge in [-0.3, -0.25) is 0 Å². The molecule has 18 heavy (non-hydrogen) atoms. The van der Waals surface area contributed by atoms with Crippen LogP contribution in [0.15, 0.2) is 6.20 Å². The zero-order valence-corrected chi connectivity index (χ0v) is 8.76. The predicted octanol–water partition coefficient (Wildman–Crippen LogP) is 2.74. The Hall–Kier alpha value is -1.93. The van der Waals surface area contributed by atoms with E-state index >= 15 is 0 Å². The number of rotatable bonds is 3. The fourth-order valence-corrected chi connectivity index (χ4v) is 1.32. The molecule has 1 N–H and O–H groups in total. The van der Waals surface area contributed by atoms with Gasteiger partial charge in [0, 0.05) is 0 Å². The fraction of sp³-hybridized carbons (Fsp3) is 0.333. The molecule has 0 amide bonds. The SMILES string of the molecule is COc1cnc(C(F)(F)F)c(C(F)F)c1C(=O)O. The van der Waals surface area contributed by atoms with Crippen molar-refractivity contribution in [2.75, 3.05) is 7.11 Å². The average molecular weight is 271 g/mol. The highest BCUT2D eigenvalue weighted by Gasteiger charge is 2.41. The van der Waals surface area contributed by atoms with Gasteiger partial charge in [0.1, 0.15) is 5.56 Å². The topological polar surface area (TPSA) is 59.4 Å². The maximum atomic E-state index is 12.6. The van der Waals surface area contributed by atoms with Crippen molar-refractivity contribution in [1.29, 1.82) is 0 Å². The van der Waals surface area contributed by atoms with E-state index in [4.69, 9.17) is 5.11 Å². The van der Waals surface area contributed by atoms with Gasteiger partial charge in [-0.25, -0.2) is 18.6 Å². The molecule has 1 heterocycles. The van der Waals surface area contributed by atoms with Gasteiger partial charge in [-0.1, -0.05) is 0 Å². The molecule has 0 aromatic carbocycles. The van der Waals surface area contributed by atoms with Crippen molar-refractivity contribution in [3.63, 3.8) is 0 Å². The molecule has 0 radical (unpaired) electrons. The second-order valence-corrected chi connectivity index (χ2v) is 3.07. The van der Waals surface area contributed by atoms with Crippen LogP contribution in [-0.4, -0.2) is 23.2 Å². The Morgan fingerprint density at radius 3 is 2.33 bits per heavy atom. The van der Waals surface area contributed by atoms with Crippen molar-refractivity contribution in [1.82, 2.24) is 4.98 Å². The first-order valence-corrected chi connectivity index (χ1v) is 4.35. The molecule has 0 atom stereocenters. The Labute approximate surface area is 97.0 Å². The molecule has 0 unspecified atom stereocenters. The Morgan fingerprint density at radius 1 is 1.44 bits per heavy atom. The van der Waals surface area contributed by atoms with Gasteiger partial charge in [-0.05, 0) is 0 Å². The molecule has 0 saturated carbocycles. The van der Waals surface area contributed by atoms with Gasteiger partial charge in [0.15, 0.2) is 11.4 Å². The Balaban J connectivity index is 3.68. The monoisotopic (exact) mass is 271 g/mol. The van der Waals surface area contributed by atoms with Gasteiger partial charge in [-0.15, -0.1) is 0 Å². The minimum atomic E-state index is -5.18. The van der Waals surface area contributed by atoms with Gasteiger partial charge < -0.3 is 9.84 Å². The lowest BCUT2D eigenvalue weighted by molar-refractivity contribution is -0.143. The van der Waals surface area contributed by atoms with Crippen LogP contribution in [0.3, 0.4) is 0 Å². The van der Waals surface area contributed by atoms with E-state index in [1.807, 2.05) is 0 Å². The number of hydrogen-bond acceptors (Lipinski definition) is 3. The Kier molecular flexibility index (Phi) is 3.73. The van der Waals surface area contributed by atoms with E-state index in [0.29, 0.717) is 6.20 Å². The second-order valence-electron chi connectivity index (χ2n) is 3.07. The highest BCUT2D eigenvalue weighted by molar-refractivity contribution is 5.93. The standard InChI is InChI=1S/C9H6F5NO3/c1-18-3-2-15-6(9(12,13)14)5(7(10)11)4(3)8(16)17/h2,7H,1H3,(H,16,17). The van der Waals surface area contributed by atoms with Gasteiger partial charge in [0.2, 0.25) is 0 Å². The molecule has 0 saturated heterocycles. The van der Waals surface area contributed by atoms with E-state index in [9.17, 15) is 26.7 Å².